The van der Waals surface area contributed by atoms with Crippen LogP contribution in [0.4, 0.5) is 4.39 Å². The highest BCUT2D eigenvalue weighted by Gasteiger charge is 2.42. The summed E-state index contributed by atoms with van der Waals surface area (Å²) in [6, 6.07) is 2.57. The van der Waals surface area contributed by atoms with Gasteiger partial charge in [0.05, 0.1) is 14.2 Å². The maximum absolute atomic E-state index is 14.0. The van der Waals surface area contributed by atoms with Gasteiger partial charge in [-0.25, -0.2) is 9.18 Å². The van der Waals surface area contributed by atoms with Crippen molar-refractivity contribution in [1.29, 1.82) is 0 Å². The zero-order valence-corrected chi connectivity index (χ0v) is 17.5. The molecule has 0 unspecified atom stereocenters. The topological polar surface area (TPSA) is 148 Å². The standard InChI is InChI=1S/C20H25FN2O8/c1-10(15(19(28)30-3)20(29)31-4)16(18(26)27)23-17(25)14(22-11(2)24)9-12-7-5-6-8-13(12)21/h5-8,10,14-16H,9H2,1-4H3,(H,22,24)(H,23,25)(H,26,27)/t10-,14+,16-/m0/s1. The van der Waals surface area contributed by atoms with Crippen molar-refractivity contribution in [2.75, 3.05) is 14.2 Å². The van der Waals surface area contributed by atoms with Crippen molar-refractivity contribution < 1.29 is 42.9 Å². The fourth-order valence-corrected chi connectivity index (χ4v) is 2.98. The van der Waals surface area contributed by atoms with Crippen LogP contribution in [0.3, 0.4) is 0 Å². The number of carboxylic acids is 1. The Balaban J connectivity index is 3.16. The normalized spacial score (nSPS) is 13.5. The number of carbonyl (C=O) groups is 5. The summed E-state index contributed by atoms with van der Waals surface area (Å²) in [6.07, 6.45) is -0.254. The maximum atomic E-state index is 14.0. The van der Waals surface area contributed by atoms with E-state index < -0.39 is 59.5 Å². The van der Waals surface area contributed by atoms with Crippen LogP contribution in [-0.4, -0.2) is 61.1 Å². The number of halogens is 1. The van der Waals surface area contributed by atoms with Crippen LogP contribution >= 0.6 is 0 Å². The number of esters is 2. The number of amides is 2. The number of aliphatic carboxylic acids is 1. The van der Waals surface area contributed by atoms with Crippen molar-refractivity contribution in [3.63, 3.8) is 0 Å². The van der Waals surface area contributed by atoms with E-state index in [1.807, 2.05) is 0 Å². The quantitative estimate of drug-likeness (QED) is 0.341. The van der Waals surface area contributed by atoms with Gasteiger partial charge in [-0.2, -0.15) is 0 Å². The van der Waals surface area contributed by atoms with Gasteiger partial charge in [0.2, 0.25) is 11.8 Å². The lowest BCUT2D eigenvalue weighted by Crippen LogP contribution is -2.56. The average Bonchev–Trinajstić information content (AvgIpc) is 2.71. The molecule has 1 aromatic rings. The molecule has 0 saturated carbocycles. The molecule has 0 aliphatic heterocycles. The molecule has 10 nitrogen and oxygen atoms in total. The average molecular weight is 440 g/mol. The number of hydrogen-bond acceptors (Lipinski definition) is 7. The van der Waals surface area contributed by atoms with Gasteiger partial charge in [-0.15, -0.1) is 0 Å². The summed E-state index contributed by atoms with van der Waals surface area (Å²) in [5.41, 5.74) is 0.123. The Morgan fingerprint density at radius 1 is 1.03 bits per heavy atom. The van der Waals surface area contributed by atoms with Gasteiger partial charge in [0, 0.05) is 19.3 Å². The third-order valence-corrected chi connectivity index (χ3v) is 4.60. The smallest absolute Gasteiger partial charge is 0.326 e. The molecular weight excluding hydrogens is 415 g/mol. The van der Waals surface area contributed by atoms with Gasteiger partial charge >= 0.3 is 17.9 Å². The van der Waals surface area contributed by atoms with Crippen molar-refractivity contribution in [2.45, 2.75) is 32.4 Å². The number of methoxy groups -OCH3 is 2. The zero-order valence-electron chi connectivity index (χ0n) is 17.5. The maximum Gasteiger partial charge on any atom is 0.326 e. The number of benzene rings is 1. The van der Waals surface area contributed by atoms with Crippen LogP contribution in [0.1, 0.15) is 19.4 Å². The molecule has 0 aromatic heterocycles. The van der Waals surface area contributed by atoms with E-state index in [1.165, 1.54) is 25.1 Å². The molecule has 0 radical (unpaired) electrons. The van der Waals surface area contributed by atoms with E-state index in [9.17, 15) is 33.5 Å². The molecule has 0 bridgehead atoms. The van der Waals surface area contributed by atoms with Crippen LogP contribution in [0.5, 0.6) is 0 Å². The molecule has 11 heteroatoms. The fourth-order valence-electron chi connectivity index (χ4n) is 2.98. The Bertz CT molecular complexity index is 828. The SMILES string of the molecule is COC(=O)C(C(=O)OC)[C@H](C)[C@H](NC(=O)[C@@H](Cc1ccccc1F)NC(C)=O)C(=O)O. The molecule has 1 rings (SSSR count). The third-order valence-electron chi connectivity index (χ3n) is 4.60. The van der Waals surface area contributed by atoms with Crippen LogP contribution < -0.4 is 10.6 Å². The minimum Gasteiger partial charge on any atom is -0.480 e. The number of carboxylic acid groups (broad SMARTS) is 1. The van der Waals surface area contributed by atoms with E-state index in [4.69, 9.17) is 0 Å². The second kappa shape index (κ2) is 11.6. The number of carbonyl (C=O) groups excluding carboxylic acids is 4. The molecule has 0 spiro atoms. The van der Waals surface area contributed by atoms with Crippen LogP contribution in [0, 0.1) is 17.7 Å². The Labute approximate surface area is 178 Å². The van der Waals surface area contributed by atoms with Crippen LogP contribution in [-0.2, 0) is 39.9 Å². The van der Waals surface area contributed by atoms with Crippen LogP contribution in [0.2, 0.25) is 0 Å². The van der Waals surface area contributed by atoms with Gasteiger partial charge < -0.3 is 25.2 Å². The monoisotopic (exact) mass is 440 g/mol. The molecule has 0 heterocycles. The van der Waals surface area contributed by atoms with E-state index >= 15 is 0 Å². The van der Waals surface area contributed by atoms with Crippen molar-refractivity contribution >= 4 is 29.7 Å². The summed E-state index contributed by atoms with van der Waals surface area (Å²) in [6.45, 7) is 2.39. The number of ether oxygens (including phenoxy) is 2. The van der Waals surface area contributed by atoms with Gasteiger partial charge in [-0.3, -0.25) is 19.2 Å². The summed E-state index contributed by atoms with van der Waals surface area (Å²) < 4.78 is 23.1. The minimum absolute atomic E-state index is 0.123. The molecule has 3 atom stereocenters. The van der Waals surface area contributed by atoms with E-state index in [0.717, 1.165) is 21.1 Å². The Morgan fingerprint density at radius 2 is 1.58 bits per heavy atom. The number of nitrogens with one attached hydrogen (secondary N) is 2. The van der Waals surface area contributed by atoms with E-state index in [2.05, 4.69) is 20.1 Å². The molecule has 0 aliphatic carbocycles. The summed E-state index contributed by atoms with van der Waals surface area (Å²) in [4.78, 5) is 60.1. The molecule has 0 fully saturated rings. The molecule has 170 valence electrons. The van der Waals surface area contributed by atoms with Gasteiger partial charge in [0.1, 0.15) is 17.9 Å². The zero-order chi connectivity index (χ0) is 23.7. The van der Waals surface area contributed by atoms with Gasteiger partial charge in [0.15, 0.2) is 5.92 Å². The molecular formula is C20H25FN2O8. The Kier molecular flexibility index (Phi) is 9.58. The van der Waals surface area contributed by atoms with Crippen molar-refractivity contribution in [3.05, 3.63) is 35.6 Å². The number of rotatable bonds is 10. The second-order valence-corrected chi connectivity index (χ2v) is 6.76. The van der Waals surface area contributed by atoms with E-state index in [1.54, 1.807) is 6.07 Å². The summed E-state index contributed by atoms with van der Waals surface area (Å²) >= 11 is 0. The first-order valence-electron chi connectivity index (χ1n) is 9.22. The fraction of sp³-hybridized carbons (Fsp3) is 0.450. The minimum atomic E-state index is -1.72. The van der Waals surface area contributed by atoms with Gasteiger partial charge in [0.25, 0.3) is 0 Å². The van der Waals surface area contributed by atoms with Crippen LogP contribution in [0.15, 0.2) is 24.3 Å². The largest absolute Gasteiger partial charge is 0.480 e. The molecule has 0 aliphatic rings. The lowest BCUT2D eigenvalue weighted by molar-refractivity contribution is -0.163. The van der Waals surface area contributed by atoms with Gasteiger partial charge in [-0.1, -0.05) is 25.1 Å². The third kappa shape index (κ3) is 7.05. The van der Waals surface area contributed by atoms with Crippen molar-refractivity contribution in [1.82, 2.24) is 10.6 Å². The highest BCUT2D eigenvalue weighted by molar-refractivity contribution is 5.97. The lowest BCUT2D eigenvalue weighted by Gasteiger charge is -2.27. The first-order chi connectivity index (χ1) is 14.5. The predicted molar refractivity (Wildman–Crippen MR) is 104 cm³/mol. The Morgan fingerprint density at radius 3 is 2.03 bits per heavy atom. The predicted octanol–water partition coefficient (Wildman–Crippen LogP) is 0.0406. The summed E-state index contributed by atoms with van der Waals surface area (Å²) in [5.74, 6) is -8.65. The summed E-state index contributed by atoms with van der Waals surface area (Å²) in [7, 11) is 2.03. The van der Waals surface area contributed by atoms with E-state index in [0.29, 0.717) is 0 Å². The molecule has 3 N–H and O–H groups in total. The summed E-state index contributed by atoms with van der Waals surface area (Å²) in [5, 5.41) is 14.1. The lowest BCUT2D eigenvalue weighted by atomic mass is 9.87. The van der Waals surface area contributed by atoms with E-state index in [-0.39, 0.29) is 12.0 Å². The van der Waals surface area contributed by atoms with Crippen LogP contribution in [0.25, 0.3) is 0 Å². The Hall–Kier alpha value is -3.50. The highest BCUT2D eigenvalue weighted by atomic mass is 19.1. The molecule has 2 amide bonds. The first-order valence-corrected chi connectivity index (χ1v) is 9.22. The molecule has 31 heavy (non-hydrogen) atoms. The van der Waals surface area contributed by atoms with Crippen molar-refractivity contribution in [2.24, 2.45) is 11.8 Å². The second-order valence-electron chi connectivity index (χ2n) is 6.76. The first kappa shape index (κ1) is 25.5. The molecule has 0 saturated heterocycles. The van der Waals surface area contributed by atoms with Crippen molar-refractivity contribution in [3.8, 4) is 0 Å². The molecule has 1 aromatic carbocycles. The highest BCUT2D eigenvalue weighted by Crippen LogP contribution is 2.20. The number of hydrogen-bond donors (Lipinski definition) is 3. The van der Waals surface area contributed by atoms with Gasteiger partial charge in [-0.05, 0) is 11.6 Å².